The summed E-state index contributed by atoms with van der Waals surface area (Å²) in [6.45, 7) is 4.14. The zero-order chi connectivity index (χ0) is 20.0. The average Bonchev–Trinajstić information content (AvgIpc) is 3.20. The van der Waals surface area contributed by atoms with Crippen LogP contribution in [0, 0.1) is 6.92 Å². The highest BCUT2D eigenvalue weighted by molar-refractivity contribution is 7.21. The molecule has 3 aromatic rings. The van der Waals surface area contributed by atoms with E-state index in [0.29, 0.717) is 37.8 Å². The molecule has 0 aromatic carbocycles. The first-order valence-corrected chi connectivity index (χ1v) is 10.8. The number of hydrogen-bond acceptors (Lipinski definition) is 6. The van der Waals surface area contributed by atoms with Crippen LogP contribution in [0.25, 0.3) is 10.2 Å². The Hall–Kier alpha value is -2.52. The van der Waals surface area contributed by atoms with Crippen LogP contribution in [0.3, 0.4) is 0 Å². The van der Waals surface area contributed by atoms with Gasteiger partial charge in [0.1, 0.15) is 9.83 Å². The number of carbonyl (C=O) groups is 2. The van der Waals surface area contributed by atoms with Crippen molar-refractivity contribution >= 4 is 49.7 Å². The molecular formula is C19H20N4O3S2. The first-order chi connectivity index (χ1) is 13.4. The van der Waals surface area contributed by atoms with Crippen molar-refractivity contribution < 1.29 is 9.59 Å². The zero-order valence-electron chi connectivity index (χ0n) is 15.6. The third-order valence-corrected chi connectivity index (χ3v) is 7.51. The number of aromatic nitrogens is 2. The van der Waals surface area contributed by atoms with E-state index in [9.17, 15) is 14.4 Å². The summed E-state index contributed by atoms with van der Waals surface area (Å²) in [5, 5.41) is 3.84. The van der Waals surface area contributed by atoms with Gasteiger partial charge in [0.05, 0.1) is 22.2 Å². The van der Waals surface area contributed by atoms with Crippen LogP contribution in [0.5, 0.6) is 0 Å². The van der Waals surface area contributed by atoms with Crippen LogP contribution in [0.2, 0.25) is 0 Å². The molecule has 0 spiro atoms. The zero-order valence-corrected chi connectivity index (χ0v) is 17.3. The van der Waals surface area contributed by atoms with Gasteiger partial charge >= 0.3 is 0 Å². The Balaban J connectivity index is 1.75. The van der Waals surface area contributed by atoms with Crippen molar-refractivity contribution in [2.45, 2.75) is 46.1 Å². The lowest BCUT2D eigenvalue weighted by molar-refractivity contribution is 0.100. The van der Waals surface area contributed by atoms with Gasteiger partial charge in [0, 0.05) is 11.4 Å². The fourth-order valence-electron chi connectivity index (χ4n) is 3.68. The number of nitrogens with two attached hydrogens (primary N) is 1. The van der Waals surface area contributed by atoms with E-state index in [2.05, 4.69) is 10.3 Å². The van der Waals surface area contributed by atoms with E-state index in [1.807, 2.05) is 6.92 Å². The van der Waals surface area contributed by atoms with Crippen LogP contribution in [-0.2, 0) is 19.4 Å². The van der Waals surface area contributed by atoms with Crippen LogP contribution in [0.1, 0.15) is 55.8 Å². The molecule has 1 aliphatic carbocycles. The second-order valence-electron chi connectivity index (χ2n) is 6.81. The first kappa shape index (κ1) is 18.8. The molecular weight excluding hydrogens is 396 g/mol. The molecule has 7 nitrogen and oxygen atoms in total. The lowest BCUT2D eigenvalue weighted by Gasteiger charge is -2.11. The number of nitrogens with one attached hydrogen (secondary N) is 1. The molecule has 1 aliphatic rings. The Morgan fingerprint density at radius 2 is 2.04 bits per heavy atom. The predicted molar refractivity (Wildman–Crippen MR) is 112 cm³/mol. The maximum absolute atomic E-state index is 13.0. The van der Waals surface area contributed by atoms with E-state index >= 15 is 0 Å². The van der Waals surface area contributed by atoms with E-state index < -0.39 is 5.91 Å². The van der Waals surface area contributed by atoms with Crippen molar-refractivity contribution in [3.05, 3.63) is 43.1 Å². The third-order valence-electron chi connectivity index (χ3n) is 5.11. The molecule has 3 N–H and O–H groups in total. The minimum atomic E-state index is -0.518. The maximum Gasteiger partial charge on any atom is 0.266 e. The highest BCUT2D eigenvalue weighted by Crippen LogP contribution is 2.38. The fourth-order valence-corrected chi connectivity index (χ4v) is 6.00. The Bertz CT molecular complexity index is 1170. The van der Waals surface area contributed by atoms with Crippen LogP contribution in [0.4, 0.5) is 5.00 Å². The van der Waals surface area contributed by atoms with Crippen LogP contribution in [-0.4, -0.2) is 21.4 Å². The van der Waals surface area contributed by atoms with Crippen molar-refractivity contribution in [3.63, 3.8) is 0 Å². The number of amides is 2. The van der Waals surface area contributed by atoms with Crippen molar-refractivity contribution in [2.75, 3.05) is 5.32 Å². The molecule has 0 fully saturated rings. The van der Waals surface area contributed by atoms with Crippen molar-refractivity contribution in [2.24, 2.45) is 5.73 Å². The van der Waals surface area contributed by atoms with Crippen molar-refractivity contribution in [1.82, 2.24) is 9.55 Å². The van der Waals surface area contributed by atoms with Gasteiger partial charge in [0.15, 0.2) is 0 Å². The average molecular weight is 417 g/mol. The summed E-state index contributed by atoms with van der Waals surface area (Å²) < 4.78 is 1.52. The van der Waals surface area contributed by atoms with E-state index in [4.69, 9.17) is 5.73 Å². The molecule has 0 bridgehead atoms. The largest absolute Gasteiger partial charge is 0.365 e. The van der Waals surface area contributed by atoms with E-state index in [1.54, 1.807) is 6.92 Å². The minimum absolute atomic E-state index is 0.148. The summed E-state index contributed by atoms with van der Waals surface area (Å²) in [5.74, 6) is -0.862. The van der Waals surface area contributed by atoms with Gasteiger partial charge in [0.25, 0.3) is 17.4 Å². The lowest BCUT2D eigenvalue weighted by atomic mass is 9.95. The van der Waals surface area contributed by atoms with Gasteiger partial charge in [-0.05, 0) is 50.7 Å². The molecule has 2 amide bonds. The summed E-state index contributed by atoms with van der Waals surface area (Å²) in [4.78, 5) is 44.0. The summed E-state index contributed by atoms with van der Waals surface area (Å²) in [6, 6.07) is 0. The number of thiophene rings is 2. The Kier molecular flexibility index (Phi) is 4.80. The SMILES string of the molecule is CCn1cnc2sc(C(=O)Nc3sc4c(c3C(N)=O)CCCC4)c(C)c2c1=O. The molecule has 0 saturated heterocycles. The van der Waals surface area contributed by atoms with Gasteiger partial charge in [-0.2, -0.15) is 0 Å². The number of nitrogens with zero attached hydrogens (tertiary/aromatic N) is 2. The third kappa shape index (κ3) is 2.94. The number of anilines is 1. The smallest absolute Gasteiger partial charge is 0.266 e. The summed E-state index contributed by atoms with van der Waals surface area (Å²) in [5.41, 5.74) is 7.47. The second kappa shape index (κ2) is 7.14. The van der Waals surface area contributed by atoms with Gasteiger partial charge in [-0.25, -0.2) is 4.98 Å². The Morgan fingerprint density at radius 1 is 1.29 bits per heavy atom. The molecule has 28 heavy (non-hydrogen) atoms. The molecule has 0 saturated carbocycles. The quantitative estimate of drug-likeness (QED) is 0.681. The van der Waals surface area contributed by atoms with Gasteiger partial charge < -0.3 is 11.1 Å². The summed E-state index contributed by atoms with van der Waals surface area (Å²) in [6.07, 6.45) is 5.30. The highest BCUT2D eigenvalue weighted by Gasteiger charge is 2.26. The molecule has 3 heterocycles. The predicted octanol–water partition coefficient (Wildman–Crippen LogP) is 3.08. The van der Waals surface area contributed by atoms with E-state index in [1.165, 1.54) is 33.6 Å². The number of hydrogen-bond donors (Lipinski definition) is 2. The Morgan fingerprint density at radius 3 is 2.75 bits per heavy atom. The standard InChI is InChI=1S/C19H20N4O3S2/c1-3-23-8-21-17-12(19(23)26)9(2)14(28-17)16(25)22-18-13(15(20)24)10-6-4-5-7-11(10)27-18/h8H,3-7H2,1-2H3,(H2,20,24)(H,22,25). The van der Waals surface area contributed by atoms with E-state index in [-0.39, 0.29) is 11.5 Å². The topological polar surface area (TPSA) is 107 Å². The maximum atomic E-state index is 13.0. The number of aryl methyl sites for hydroxylation is 3. The first-order valence-electron chi connectivity index (χ1n) is 9.16. The number of rotatable bonds is 4. The highest BCUT2D eigenvalue weighted by atomic mass is 32.1. The molecule has 146 valence electrons. The number of carbonyl (C=O) groups excluding carboxylic acids is 2. The van der Waals surface area contributed by atoms with Gasteiger partial charge in [-0.1, -0.05) is 0 Å². The molecule has 0 aliphatic heterocycles. The minimum Gasteiger partial charge on any atom is -0.365 e. The lowest BCUT2D eigenvalue weighted by Crippen LogP contribution is -2.20. The van der Waals surface area contributed by atoms with Gasteiger partial charge in [-0.15, -0.1) is 22.7 Å². The molecule has 4 rings (SSSR count). The molecule has 0 unspecified atom stereocenters. The van der Waals surface area contributed by atoms with Crippen LogP contribution < -0.4 is 16.6 Å². The molecule has 3 aromatic heterocycles. The Labute approximate surface area is 169 Å². The summed E-state index contributed by atoms with van der Waals surface area (Å²) >= 11 is 2.61. The number of fused-ring (bicyclic) bond motifs is 2. The summed E-state index contributed by atoms with van der Waals surface area (Å²) in [7, 11) is 0. The van der Waals surface area contributed by atoms with Crippen molar-refractivity contribution in [1.29, 1.82) is 0 Å². The van der Waals surface area contributed by atoms with Gasteiger partial charge in [-0.3, -0.25) is 19.0 Å². The monoisotopic (exact) mass is 416 g/mol. The van der Waals surface area contributed by atoms with Gasteiger partial charge in [0.2, 0.25) is 0 Å². The van der Waals surface area contributed by atoms with Crippen molar-refractivity contribution in [3.8, 4) is 0 Å². The second-order valence-corrected chi connectivity index (χ2v) is 8.91. The fraction of sp³-hybridized carbons (Fsp3) is 0.368. The van der Waals surface area contributed by atoms with Crippen LogP contribution in [0.15, 0.2) is 11.1 Å². The molecule has 0 atom stereocenters. The molecule has 0 radical (unpaired) electrons. The molecule has 9 heteroatoms. The normalized spacial score (nSPS) is 13.5. The number of primary amides is 1. The van der Waals surface area contributed by atoms with E-state index in [0.717, 1.165) is 36.1 Å². The van der Waals surface area contributed by atoms with Crippen LogP contribution >= 0.6 is 22.7 Å².